The Hall–Kier alpha value is -3.61. The van der Waals surface area contributed by atoms with Gasteiger partial charge in [0.25, 0.3) is 5.91 Å². The molecule has 0 aromatic heterocycles. The Kier molecular flexibility index (Phi) is 6.02. The highest BCUT2D eigenvalue weighted by Crippen LogP contribution is 2.22. The lowest BCUT2D eigenvalue weighted by Crippen LogP contribution is -2.38. The number of nitrogens with zero attached hydrogens (tertiary/aromatic N) is 2. The third-order valence-electron chi connectivity index (χ3n) is 5.61. The zero-order valence-electron chi connectivity index (χ0n) is 17.6. The van der Waals surface area contributed by atoms with Gasteiger partial charge in [-0.2, -0.15) is 0 Å². The summed E-state index contributed by atoms with van der Waals surface area (Å²) in [6.07, 6.45) is 5.33. The van der Waals surface area contributed by atoms with Gasteiger partial charge in [-0.25, -0.2) is 9.69 Å². The number of rotatable bonds is 5. The van der Waals surface area contributed by atoms with Crippen LogP contribution in [0.2, 0.25) is 0 Å². The fourth-order valence-corrected chi connectivity index (χ4v) is 3.86. The van der Waals surface area contributed by atoms with E-state index in [0.29, 0.717) is 5.69 Å². The first-order valence-electron chi connectivity index (χ1n) is 10.6. The van der Waals surface area contributed by atoms with Gasteiger partial charge in [-0.3, -0.25) is 9.59 Å². The summed E-state index contributed by atoms with van der Waals surface area (Å²) in [5.74, 6) is -0.935. The van der Waals surface area contributed by atoms with Crippen LogP contribution in [0.3, 0.4) is 0 Å². The molecule has 0 aliphatic carbocycles. The fourth-order valence-electron chi connectivity index (χ4n) is 3.86. The number of amides is 4. The number of carbonyl (C=O) groups excluding carboxylic acids is 3. The molecule has 31 heavy (non-hydrogen) atoms. The van der Waals surface area contributed by atoms with Crippen molar-refractivity contribution in [2.24, 2.45) is 0 Å². The first-order valence-corrected chi connectivity index (χ1v) is 10.6. The standard InChI is InChI=1S/C24H26N4O3/c1-17-7-3-4-8-20(17)25-22(29)16-28-23(30)21(26-24(28)31)15-18-9-11-19(12-10-18)27-13-5-2-6-14-27/h3-4,7-12,15H,2,5-6,13-14,16H2,1H3,(H,25,29)(H,26,31)/b21-15-. The van der Waals surface area contributed by atoms with Crippen LogP contribution in [-0.4, -0.2) is 42.4 Å². The number of anilines is 2. The van der Waals surface area contributed by atoms with E-state index in [1.165, 1.54) is 19.3 Å². The molecule has 7 heteroatoms. The quantitative estimate of drug-likeness (QED) is 0.575. The minimum atomic E-state index is -0.596. The first-order chi connectivity index (χ1) is 15.0. The monoisotopic (exact) mass is 418 g/mol. The molecule has 2 N–H and O–H groups in total. The van der Waals surface area contributed by atoms with E-state index in [1.807, 2.05) is 49.4 Å². The first kappa shape index (κ1) is 20.7. The van der Waals surface area contributed by atoms with Crippen molar-refractivity contribution in [1.82, 2.24) is 10.2 Å². The molecule has 0 saturated carbocycles. The lowest BCUT2D eigenvalue weighted by molar-refractivity contribution is -0.127. The third kappa shape index (κ3) is 4.77. The Balaban J connectivity index is 1.41. The van der Waals surface area contributed by atoms with Crippen LogP contribution in [0.4, 0.5) is 16.2 Å². The fraction of sp³-hybridized carbons (Fsp3) is 0.292. The Bertz CT molecular complexity index is 1020. The Morgan fingerprint density at radius 1 is 1.03 bits per heavy atom. The van der Waals surface area contributed by atoms with Crippen LogP contribution >= 0.6 is 0 Å². The molecule has 0 spiro atoms. The summed E-state index contributed by atoms with van der Waals surface area (Å²) >= 11 is 0. The second-order valence-corrected chi connectivity index (χ2v) is 7.88. The second kappa shape index (κ2) is 9.04. The van der Waals surface area contributed by atoms with Gasteiger partial charge >= 0.3 is 6.03 Å². The molecule has 0 radical (unpaired) electrons. The molecule has 2 heterocycles. The summed E-state index contributed by atoms with van der Waals surface area (Å²) in [5, 5.41) is 5.31. The number of piperidine rings is 1. The van der Waals surface area contributed by atoms with E-state index >= 15 is 0 Å². The molecule has 2 aliphatic heterocycles. The van der Waals surface area contributed by atoms with Gasteiger partial charge < -0.3 is 15.5 Å². The minimum Gasteiger partial charge on any atom is -0.372 e. The maximum absolute atomic E-state index is 12.7. The number of nitrogens with one attached hydrogen (secondary N) is 2. The molecule has 0 bridgehead atoms. The van der Waals surface area contributed by atoms with Crippen molar-refractivity contribution in [3.05, 3.63) is 65.4 Å². The molecule has 4 rings (SSSR count). The number of carbonyl (C=O) groups is 3. The number of benzene rings is 2. The molecular weight excluding hydrogens is 392 g/mol. The highest BCUT2D eigenvalue weighted by molar-refractivity contribution is 6.16. The Morgan fingerprint density at radius 3 is 2.45 bits per heavy atom. The molecule has 2 aliphatic rings. The van der Waals surface area contributed by atoms with Crippen LogP contribution in [0.5, 0.6) is 0 Å². The normalized spacial score (nSPS) is 17.8. The molecule has 7 nitrogen and oxygen atoms in total. The summed E-state index contributed by atoms with van der Waals surface area (Å²) in [4.78, 5) is 40.6. The van der Waals surface area contributed by atoms with Crippen molar-refractivity contribution in [1.29, 1.82) is 0 Å². The minimum absolute atomic E-state index is 0.166. The average molecular weight is 418 g/mol. The van der Waals surface area contributed by atoms with E-state index in [4.69, 9.17) is 0 Å². The topological polar surface area (TPSA) is 81.8 Å². The molecule has 0 atom stereocenters. The van der Waals surface area contributed by atoms with E-state index in [2.05, 4.69) is 15.5 Å². The summed E-state index contributed by atoms with van der Waals surface area (Å²) in [7, 11) is 0. The van der Waals surface area contributed by atoms with Crippen LogP contribution in [0.1, 0.15) is 30.4 Å². The Morgan fingerprint density at radius 2 is 1.74 bits per heavy atom. The molecule has 2 aromatic carbocycles. The van der Waals surface area contributed by atoms with Crippen LogP contribution in [0, 0.1) is 6.92 Å². The number of aryl methyl sites for hydroxylation is 1. The van der Waals surface area contributed by atoms with Gasteiger partial charge in [-0.15, -0.1) is 0 Å². The number of hydrogen-bond acceptors (Lipinski definition) is 4. The number of imide groups is 1. The third-order valence-corrected chi connectivity index (χ3v) is 5.61. The average Bonchev–Trinajstić information content (AvgIpc) is 3.04. The van der Waals surface area contributed by atoms with Gasteiger partial charge in [0.2, 0.25) is 5.91 Å². The maximum Gasteiger partial charge on any atom is 0.329 e. The summed E-state index contributed by atoms with van der Waals surface area (Å²) < 4.78 is 0. The van der Waals surface area contributed by atoms with Gasteiger partial charge in [-0.05, 0) is 61.6 Å². The number of urea groups is 1. The van der Waals surface area contributed by atoms with Gasteiger partial charge in [0.1, 0.15) is 12.2 Å². The van der Waals surface area contributed by atoms with Gasteiger partial charge in [-0.1, -0.05) is 30.3 Å². The maximum atomic E-state index is 12.7. The van der Waals surface area contributed by atoms with Crippen LogP contribution in [0.25, 0.3) is 6.08 Å². The van der Waals surface area contributed by atoms with Gasteiger partial charge in [0.05, 0.1) is 0 Å². The summed E-state index contributed by atoms with van der Waals surface area (Å²) in [6, 6.07) is 14.7. The molecule has 2 saturated heterocycles. The molecule has 160 valence electrons. The highest BCUT2D eigenvalue weighted by atomic mass is 16.2. The van der Waals surface area contributed by atoms with E-state index < -0.39 is 17.8 Å². The highest BCUT2D eigenvalue weighted by Gasteiger charge is 2.34. The van der Waals surface area contributed by atoms with Crippen molar-refractivity contribution in [3.8, 4) is 0 Å². The zero-order valence-corrected chi connectivity index (χ0v) is 17.6. The van der Waals surface area contributed by atoms with Crippen LogP contribution in [-0.2, 0) is 9.59 Å². The molecule has 2 fully saturated rings. The SMILES string of the molecule is Cc1ccccc1NC(=O)CN1C(=O)N/C(=C\c2ccc(N3CCCCC3)cc2)C1=O. The predicted molar refractivity (Wildman–Crippen MR) is 121 cm³/mol. The van der Waals surface area contributed by atoms with Crippen molar-refractivity contribution in [3.63, 3.8) is 0 Å². The molecule has 4 amide bonds. The van der Waals surface area contributed by atoms with Gasteiger partial charge in [0.15, 0.2) is 0 Å². The largest absolute Gasteiger partial charge is 0.372 e. The molecular formula is C24H26N4O3. The smallest absolute Gasteiger partial charge is 0.329 e. The van der Waals surface area contributed by atoms with Gasteiger partial charge in [0, 0.05) is 24.5 Å². The van der Waals surface area contributed by atoms with E-state index in [-0.39, 0.29) is 12.2 Å². The van der Waals surface area contributed by atoms with Crippen molar-refractivity contribution < 1.29 is 14.4 Å². The number of hydrogen-bond donors (Lipinski definition) is 2. The van der Waals surface area contributed by atoms with E-state index in [9.17, 15) is 14.4 Å². The summed E-state index contributed by atoms with van der Waals surface area (Å²) in [5.41, 5.74) is 3.71. The molecule has 2 aromatic rings. The van der Waals surface area contributed by atoms with Crippen LogP contribution in [0.15, 0.2) is 54.2 Å². The lowest BCUT2D eigenvalue weighted by atomic mass is 10.1. The van der Waals surface area contributed by atoms with E-state index in [0.717, 1.165) is 34.8 Å². The van der Waals surface area contributed by atoms with Crippen molar-refractivity contribution >= 4 is 35.3 Å². The summed E-state index contributed by atoms with van der Waals surface area (Å²) in [6.45, 7) is 3.66. The predicted octanol–water partition coefficient (Wildman–Crippen LogP) is 3.52. The van der Waals surface area contributed by atoms with Crippen molar-refractivity contribution in [2.45, 2.75) is 26.2 Å². The van der Waals surface area contributed by atoms with E-state index in [1.54, 1.807) is 12.1 Å². The molecule has 0 unspecified atom stereocenters. The zero-order chi connectivity index (χ0) is 21.8. The number of para-hydroxylation sites is 1. The Labute approximate surface area is 181 Å². The van der Waals surface area contributed by atoms with Crippen molar-refractivity contribution in [2.75, 3.05) is 29.9 Å². The lowest BCUT2D eigenvalue weighted by Gasteiger charge is -2.28. The second-order valence-electron chi connectivity index (χ2n) is 7.88. The van der Waals surface area contributed by atoms with Crippen LogP contribution < -0.4 is 15.5 Å².